The number of benzene rings is 1. The Morgan fingerprint density at radius 2 is 1.77 bits per heavy atom. The minimum absolute atomic E-state index is 0.165. The van der Waals surface area contributed by atoms with Crippen molar-refractivity contribution >= 4 is 34.4 Å². The zero-order valence-electron chi connectivity index (χ0n) is 31.2. The minimum atomic E-state index is -4.76. The number of fused-ring (bicyclic) bond motifs is 1. The number of rotatable bonds is 15. The predicted octanol–water partition coefficient (Wildman–Crippen LogP) is 5.82. The van der Waals surface area contributed by atoms with Crippen molar-refractivity contribution in [1.29, 1.82) is 0 Å². The summed E-state index contributed by atoms with van der Waals surface area (Å²) < 4.78 is 77.3. The number of halogens is 5. The lowest BCUT2D eigenvalue weighted by Gasteiger charge is -2.31. The minimum Gasteiger partial charge on any atom is -0.381 e. The number of nitrogens with one attached hydrogen (secondary N) is 2. The number of alkyl halides is 5. The van der Waals surface area contributed by atoms with Crippen LogP contribution in [0, 0.1) is 5.92 Å². The first-order valence-corrected chi connectivity index (χ1v) is 18.7. The standard InChI is InChI=1S/C38H45F5N8O5/c1-48(18-6-20-56-19-5-8-24-7-3-10-28-33(24)49(2)37(55)51(28)29-16-17-31(52)46-36(29)54)21-23-12-14-25(15-13-23)50-22-27(32(47-50)34(39)40)45-35(53)26-9-4-11-30(44-26)38(41,42)43/h3-4,7,9-11,22-23,25,29,34H,5-6,8,12-21H2,1-2H3,(H,45,53)(H,46,52,54)/t23-,25-,29?. The van der Waals surface area contributed by atoms with Gasteiger partial charge < -0.3 is 15.0 Å². The molecule has 1 aromatic carbocycles. The average molecular weight is 789 g/mol. The first-order valence-electron chi connectivity index (χ1n) is 18.7. The second-order valence-corrected chi connectivity index (χ2v) is 14.5. The van der Waals surface area contributed by atoms with Gasteiger partial charge in [-0.1, -0.05) is 18.2 Å². The highest BCUT2D eigenvalue weighted by Gasteiger charge is 2.34. The summed E-state index contributed by atoms with van der Waals surface area (Å²) >= 11 is 0. The number of aromatic nitrogens is 5. The molecule has 2 fully saturated rings. The number of nitrogens with zero attached hydrogens (tertiary/aromatic N) is 6. The van der Waals surface area contributed by atoms with E-state index in [0.717, 1.165) is 68.1 Å². The third-order valence-electron chi connectivity index (χ3n) is 10.5. The molecule has 18 heteroatoms. The van der Waals surface area contributed by atoms with Gasteiger partial charge in [-0.05, 0) is 88.1 Å². The Hall–Kier alpha value is -4.97. The van der Waals surface area contributed by atoms with Crippen molar-refractivity contribution in [1.82, 2.24) is 34.1 Å². The van der Waals surface area contributed by atoms with Crippen LogP contribution in [0.1, 0.15) is 97.3 Å². The normalized spacial score (nSPS) is 19.3. The van der Waals surface area contributed by atoms with Gasteiger partial charge in [0.25, 0.3) is 12.3 Å². The lowest BCUT2D eigenvalue weighted by molar-refractivity contribution is -0.141. The molecule has 13 nitrogen and oxygen atoms in total. The molecule has 1 saturated carbocycles. The molecule has 0 spiro atoms. The Morgan fingerprint density at radius 3 is 2.48 bits per heavy atom. The molecule has 1 aliphatic heterocycles. The second kappa shape index (κ2) is 17.4. The monoisotopic (exact) mass is 788 g/mol. The van der Waals surface area contributed by atoms with Crippen molar-refractivity contribution in [2.45, 2.75) is 82.5 Å². The maximum absolute atomic E-state index is 13.9. The molecule has 4 aromatic rings. The molecule has 302 valence electrons. The average Bonchev–Trinajstić information content (AvgIpc) is 3.69. The van der Waals surface area contributed by atoms with Gasteiger partial charge in [-0.25, -0.2) is 18.6 Å². The van der Waals surface area contributed by atoms with Crippen molar-refractivity contribution in [2.75, 3.05) is 38.7 Å². The van der Waals surface area contributed by atoms with Crippen LogP contribution >= 0.6 is 0 Å². The molecule has 2 N–H and O–H groups in total. The summed E-state index contributed by atoms with van der Waals surface area (Å²) in [6.07, 6.45) is -0.660. The number of piperidine rings is 1. The summed E-state index contributed by atoms with van der Waals surface area (Å²) in [5.74, 6) is -1.44. The van der Waals surface area contributed by atoms with E-state index in [1.54, 1.807) is 11.6 Å². The molecule has 3 aromatic heterocycles. The molecular formula is C38H45F5N8O5. The number of imidazole rings is 1. The number of anilines is 1. The van der Waals surface area contributed by atoms with Gasteiger partial charge in [0.2, 0.25) is 11.8 Å². The van der Waals surface area contributed by atoms with Crippen LogP contribution < -0.4 is 16.3 Å². The van der Waals surface area contributed by atoms with Crippen LogP contribution in [0.5, 0.6) is 0 Å². The molecular weight excluding hydrogens is 743 g/mol. The SMILES string of the molecule is CN(CCCOCCCc1cccc2c1n(C)c(=O)n2C1CCC(=O)NC1=O)C[C@H]1CC[C@H](n2cc(NC(=O)c3cccc(C(F)(F)F)n3)c(C(F)F)n2)CC1. The van der Waals surface area contributed by atoms with Gasteiger partial charge >= 0.3 is 11.9 Å². The van der Waals surface area contributed by atoms with Crippen molar-refractivity contribution in [3.63, 3.8) is 0 Å². The van der Waals surface area contributed by atoms with Gasteiger partial charge in [-0.3, -0.25) is 33.5 Å². The molecule has 1 unspecified atom stereocenters. The molecule has 1 atom stereocenters. The molecule has 6 rings (SSSR count). The molecule has 3 amide bonds. The largest absolute Gasteiger partial charge is 0.433 e. The topological polar surface area (TPSA) is 145 Å². The first kappa shape index (κ1) is 40.7. The van der Waals surface area contributed by atoms with E-state index in [1.807, 2.05) is 18.2 Å². The Balaban J connectivity index is 0.914. The third-order valence-corrected chi connectivity index (χ3v) is 10.5. The van der Waals surface area contributed by atoms with Crippen molar-refractivity contribution in [3.05, 3.63) is 75.7 Å². The van der Waals surface area contributed by atoms with E-state index in [2.05, 4.69) is 32.7 Å². The summed E-state index contributed by atoms with van der Waals surface area (Å²) in [6.45, 7) is 2.82. The van der Waals surface area contributed by atoms with Crippen LogP contribution in [0.2, 0.25) is 0 Å². The van der Waals surface area contributed by atoms with Crippen molar-refractivity contribution < 1.29 is 41.1 Å². The Bertz CT molecular complexity index is 2100. The number of carbonyl (C=O) groups is 3. The van der Waals surface area contributed by atoms with E-state index < -0.39 is 47.5 Å². The lowest BCUT2D eigenvalue weighted by Crippen LogP contribution is -2.44. The Kier molecular flexibility index (Phi) is 12.7. The fourth-order valence-corrected chi connectivity index (χ4v) is 7.73. The summed E-state index contributed by atoms with van der Waals surface area (Å²) in [5, 5.41) is 8.65. The van der Waals surface area contributed by atoms with Crippen molar-refractivity contribution in [2.24, 2.45) is 13.0 Å². The van der Waals surface area contributed by atoms with Crippen LogP contribution in [0.4, 0.5) is 27.6 Å². The molecule has 1 aliphatic carbocycles. The number of ether oxygens (including phenoxy) is 1. The third kappa shape index (κ3) is 9.34. The van der Waals surface area contributed by atoms with Crippen LogP contribution in [-0.4, -0.2) is 79.9 Å². The fraction of sp³-hybridized carbons (Fsp3) is 0.526. The second-order valence-electron chi connectivity index (χ2n) is 14.5. The summed E-state index contributed by atoms with van der Waals surface area (Å²) in [7, 11) is 3.74. The predicted molar refractivity (Wildman–Crippen MR) is 195 cm³/mol. The van der Waals surface area contributed by atoms with Gasteiger partial charge in [-0.15, -0.1) is 0 Å². The van der Waals surface area contributed by atoms with E-state index in [1.165, 1.54) is 15.4 Å². The van der Waals surface area contributed by atoms with Gasteiger partial charge in [0, 0.05) is 46.0 Å². The van der Waals surface area contributed by atoms with E-state index in [-0.39, 0.29) is 36.2 Å². The van der Waals surface area contributed by atoms with Gasteiger partial charge in [-0.2, -0.15) is 18.3 Å². The Labute approximate surface area is 319 Å². The highest BCUT2D eigenvalue weighted by atomic mass is 19.4. The van der Waals surface area contributed by atoms with E-state index >= 15 is 0 Å². The zero-order chi connectivity index (χ0) is 40.1. The highest BCUT2D eigenvalue weighted by Crippen LogP contribution is 2.35. The summed E-state index contributed by atoms with van der Waals surface area (Å²) in [4.78, 5) is 55.6. The summed E-state index contributed by atoms with van der Waals surface area (Å²) in [5.41, 5.74) is -0.617. The maximum atomic E-state index is 13.9. The van der Waals surface area contributed by atoms with Crippen LogP contribution in [0.15, 0.2) is 47.4 Å². The first-order chi connectivity index (χ1) is 26.7. The van der Waals surface area contributed by atoms with Crippen LogP contribution in [-0.2, 0) is 34.0 Å². The fourth-order valence-electron chi connectivity index (χ4n) is 7.73. The van der Waals surface area contributed by atoms with E-state index in [4.69, 9.17) is 4.74 Å². The lowest BCUT2D eigenvalue weighted by atomic mass is 9.86. The number of amides is 3. The van der Waals surface area contributed by atoms with Gasteiger partial charge in [0.05, 0.1) is 22.8 Å². The quantitative estimate of drug-likeness (QED) is 0.0872. The molecule has 0 radical (unpaired) electrons. The number of hydrogen-bond donors (Lipinski definition) is 2. The molecule has 2 aliphatic rings. The summed E-state index contributed by atoms with van der Waals surface area (Å²) in [6, 6.07) is 7.59. The number of hydrogen-bond acceptors (Lipinski definition) is 8. The smallest absolute Gasteiger partial charge is 0.381 e. The molecule has 4 heterocycles. The van der Waals surface area contributed by atoms with Crippen LogP contribution in [0.25, 0.3) is 11.0 Å². The van der Waals surface area contributed by atoms with Crippen LogP contribution in [0.3, 0.4) is 0 Å². The van der Waals surface area contributed by atoms with Crippen molar-refractivity contribution in [3.8, 4) is 0 Å². The number of aryl methyl sites for hydroxylation is 2. The zero-order valence-corrected chi connectivity index (χ0v) is 31.2. The highest BCUT2D eigenvalue weighted by molar-refractivity contribution is 6.03. The number of pyridine rings is 1. The molecule has 56 heavy (non-hydrogen) atoms. The maximum Gasteiger partial charge on any atom is 0.433 e. The number of carbonyl (C=O) groups excluding carboxylic acids is 3. The molecule has 0 bridgehead atoms. The van der Waals surface area contributed by atoms with E-state index in [0.29, 0.717) is 43.9 Å². The number of para-hydroxylation sites is 1. The van der Waals surface area contributed by atoms with E-state index in [9.17, 15) is 41.1 Å². The Morgan fingerprint density at radius 1 is 1.04 bits per heavy atom. The van der Waals surface area contributed by atoms with Gasteiger partial charge in [0.15, 0.2) is 5.69 Å². The van der Waals surface area contributed by atoms with Gasteiger partial charge in [0.1, 0.15) is 17.4 Å². The molecule has 1 saturated heterocycles. The number of imide groups is 1.